The first kappa shape index (κ1) is 16.6. The van der Waals surface area contributed by atoms with E-state index in [2.05, 4.69) is 9.46 Å². The van der Waals surface area contributed by atoms with Crippen molar-refractivity contribution in [1.29, 1.82) is 0 Å². The molecule has 2 N–H and O–H groups in total. The number of nitrogens with one attached hydrogen (secondary N) is 1. The van der Waals surface area contributed by atoms with Crippen molar-refractivity contribution in [1.82, 2.24) is 4.72 Å². The number of hydrogen-bond donors (Lipinski definition) is 2. The lowest BCUT2D eigenvalue weighted by Gasteiger charge is -2.11. The van der Waals surface area contributed by atoms with Crippen LogP contribution in [0.3, 0.4) is 0 Å². The Morgan fingerprint density at radius 2 is 2.10 bits per heavy atom. The fourth-order valence-corrected chi connectivity index (χ4v) is 2.93. The largest absolute Gasteiger partial charge is 0.465 e. The Morgan fingerprint density at radius 1 is 1.45 bits per heavy atom. The Kier molecular flexibility index (Phi) is 5.67. The van der Waals surface area contributed by atoms with Gasteiger partial charge in [0.2, 0.25) is 10.0 Å². The van der Waals surface area contributed by atoms with Gasteiger partial charge in [-0.15, -0.1) is 0 Å². The Hall–Kier alpha value is -1.44. The number of rotatable bonds is 6. The lowest BCUT2D eigenvalue weighted by molar-refractivity contribution is 0.0600. The van der Waals surface area contributed by atoms with Gasteiger partial charge >= 0.3 is 5.97 Å². The number of esters is 1. The Labute approximate surface area is 118 Å². The standard InChI is InChI=1S/C13H19NO5S/c1-9-4-5-11(13(16)19-3)8-12(9)20(17,18)14-7-6-10(2)15/h4-5,8,10,14-15H,6-7H2,1-3H3. The SMILES string of the molecule is COC(=O)c1ccc(C)c(S(=O)(=O)NCCC(C)O)c1. The van der Waals surface area contributed by atoms with Gasteiger partial charge in [-0.3, -0.25) is 0 Å². The molecule has 1 aromatic rings. The van der Waals surface area contributed by atoms with E-state index in [0.717, 1.165) is 0 Å². The number of aryl methyl sites for hydroxylation is 1. The molecule has 1 rings (SSSR count). The van der Waals surface area contributed by atoms with Crippen molar-refractivity contribution in [3.8, 4) is 0 Å². The summed E-state index contributed by atoms with van der Waals surface area (Å²) in [5.74, 6) is -0.592. The van der Waals surface area contributed by atoms with E-state index < -0.39 is 22.1 Å². The summed E-state index contributed by atoms with van der Waals surface area (Å²) in [4.78, 5) is 11.5. The molecule has 0 spiro atoms. The molecule has 7 heteroatoms. The molecule has 20 heavy (non-hydrogen) atoms. The molecule has 0 fully saturated rings. The van der Waals surface area contributed by atoms with Crippen LogP contribution in [0.1, 0.15) is 29.3 Å². The maximum Gasteiger partial charge on any atom is 0.337 e. The van der Waals surface area contributed by atoms with Crippen molar-refractivity contribution >= 4 is 16.0 Å². The summed E-state index contributed by atoms with van der Waals surface area (Å²) in [7, 11) is -2.49. The normalized spacial score (nSPS) is 13.0. The summed E-state index contributed by atoms with van der Waals surface area (Å²) in [5, 5.41) is 9.13. The van der Waals surface area contributed by atoms with Crippen LogP contribution in [0, 0.1) is 6.92 Å². The van der Waals surface area contributed by atoms with Crippen molar-refractivity contribution in [3.05, 3.63) is 29.3 Å². The Morgan fingerprint density at radius 3 is 2.65 bits per heavy atom. The first-order valence-electron chi connectivity index (χ1n) is 6.14. The number of methoxy groups -OCH3 is 1. The number of aliphatic hydroxyl groups is 1. The second-order valence-electron chi connectivity index (χ2n) is 4.51. The highest BCUT2D eigenvalue weighted by Crippen LogP contribution is 2.17. The highest BCUT2D eigenvalue weighted by Gasteiger charge is 2.19. The molecule has 1 atom stereocenters. The third-order valence-electron chi connectivity index (χ3n) is 2.75. The van der Waals surface area contributed by atoms with Crippen molar-refractivity contribution in [2.75, 3.05) is 13.7 Å². The molecule has 0 saturated carbocycles. The van der Waals surface area contributed by atoms with Gasteiger partial charge in [-0.1, -0.05) is 6.07 Å². The van der Waals surface area contributed by atoms with Crippen LogP contribution in [0.5, 0.6) is 0 Å². The summed E-state index contributed by atoms with van der Waals surface area (Å²) < 4.78 is 31.3. The van der Waals surface area contributed by atoms with Crippen LogP contribution in [0.4, 0.5) is 0 Å². The minimum Gasteiger partial charge on any atom is -0.465 e. The van der Waals surface area contributed by atoms with Crippen molar-refractivity contribution in [2.45, 2.75) is 31.3 Å². The molecule has 0 amide bonds. The fraction of sp³-hybridized carbons (Fsp3) is 0.462. The molecule has 0 aliphatic heterocycles. The van der Waals surface area contributed by atoms with Gasteiger partial charge in [0.25, 0.3) is 0 Å². The molecule has 0 radical (unpaired) electrons. The summed E-state index contributed by atoms with van der Waals surface area (Å²) in [6.07, 6.45) is -0.269. The number of aliphatic hydroxyl groups excluding tert-OH is 1. The van der Waals surface area contributed by atoms with Crippen LogP contribution in [-0.4, -0.2) is 39.3 Å². The average Bonchev–Trinajstić information content (AvgIpc) is 2.37. The van der Waals surface area contributed by atoms with E-state index in [4.69, 9.17) is 5.11 Å². The second-order valence-corrected chi connectivity index (χ2v) is 6.24. The summed E-state index contributed by atoms with van der Waals surface area (Å²) in [6, 6.07) is 4.34. The number of sulfonamides is 1. The zero-order chi connectivity index (χ0) is 15.3. The van der Waals surface area contributed by atoms with E-state index in [1.165, 1.54) is 19.2 Å². The van der Waals surface area contributed by atoms with Gasteiger partial charge in [-0.2, -0.15) is 0 Å². The van der Waals surface area contributed by atoms with Crippen LogP contribution >= 0.6 is 0 Å². The van der Waals surface area contributed by atoms with Crippen LogP contribution in [-0.2, 0) is 14.8 Å². The van der Waals surface area contributed by atoms with E-state index >= 15 is 0 Å². The highest BCUT2D eigenvalue weighted by molar-refractivity contribution is 7.89. The quantitative estimate of drug-likeness (QED) is 0.759. The number of carbonyl (C=O) groups is 1. The highest BCUT2D eigenvalue weighted by atomic mass is 32.2. The van der Waals surface area contributed by atoms with Gasteiger partial charge in [0.1, 0.15) is 0 Å². The molecular weight excluding hydrogens is 282 g/mol. The van der Waals surface area contributed by atoms with Gasteiger partial charge in [-0.05, 0) is 38.0 Å². The van der Waals surface area contributed by atoms with Crippen LogP contribution in [0.2, 0.25) is 0 Å². The average molecular weight is 301 g/mol. The molecule has 1 aromatic carbocycles. The maximum absolute atomic E-state index is 12.2. The maximum atomic E-state index is 12.2. The minimum atomic E-state index is -3.72. The van der Waals surface area contributed by atoms with Crippen molar-refractivity contribution < 1.29 is 23.1 Å². The van der Waals surface area contributed by atoms with Crippen molar-refractivity contribution in [2.24, 2.45) is 0 Å². The molecule has 1 unspecified atom stereocenters. The van der Waals surface area contributed by atoms with Gasteiger partial charge in [0.05, 0.1) is 23.7 Å². The van der Waals surface area contributed by atoms with Gasteiger partial charge < -0.3 is 9.84 Å². The van der Waals surface area contributed by atoms with Gasteiger partial charge in [0.15, 0.2) is 0 Å². The predicted molar refractivity (Wildman–Crippen MR) is 74.0 cm³/mol. The van der Waals surface area contributed by atoms with Gasteiger partial charge in [0, 0.05) is 6.54 Å². The molecule has 0 heterocycles. The van der Waals surface area contributed by atoms with E-state index in [0.29, 0.717) is 12.0 Å². The predicted octanol–water partition coefficient (Wildman–Crippen LogP) is 0.831. The van der Waals surface area contributed by atoms with Crippen LogP contribution in [0.25, 0.3) is 0 Å². The zero-order valence-corrected chi connectivity index (χ0v) is 12.5. The monoisotopic (exact) mass is 301 g/mol. The first-order valence-corrected chi connectivity index (χ1v) is 7.63. The van der Waals surface area contributed by atoms with Crippen LogP contribution in [0.15, 0.2) is 23.1 Å². The third-order valence-corrected chi connectivity index (χ3v) is 4.36. The Bertz CT molecular complexity index is 580. The number of hydrogen-bond acceptors (Lipinski definition) is 5. The van der Waals surface area contributed by atoms with Crippen LogP contribution < -0.4 is 4.72 Å². The van der Waals surface area contributed by atoms with E-state index in [9.17, 15) is 13.2 Å². The summed E-state index contributed by atoms with van der Waals surface area (Å²) in [6.45, 7) is 3.35. The summed E-state index contributed by atoms with van der Waals surface area (Å²) in [5.41, 5.74) is 0.705. The zero-order valence-electron chi connectivity index (χ0n) is 11.7. The van der Waals surface area contributed by atoms with E-state index in [1.807, 2.05) is 0 Å². The lowest BCUT2D eigenvalue weighted by atomic mass is 10.1. The smallest absolute Gasteiger partial charge is 0.337 e. The molecule has 0 bridgehead atoms. The number of carbonyl (C=O) groups excluding carboxylic acids is 1. The first-order chi connectivity index (χ1) is 9.27. The topological polar surface area (TPSA) is 92.7 Å². The molecular formula is C13H19NO5S. The number of ether oxygens (including phenoxy) is 1. The fourth-order valence-electron chi connectivity index (χ4n) is 1.61. The third kappa shape index (κ3) is 4.29. The molecule has 0 aliphatic carbocycles. The molecule has 112 valence electrons. The number of benzene rings is 1. The summed E-state index contributed by atoms with van der Waals surface area (Å²) >= 11 is 0. The van der Waals surface area contributed by atoms with E-state index in [-0.39, 0.29) is 17.0 Å². The van der Waals surface area contributed by atoms with Gasteiger partial charge in [-0.25, -0.2) is 17.9 Å². The second kappa shape index (κ2) is 6.83. The van der Waals surface area contributed by atoms with Crippen molar-refractivity contribution in [3.63, 3.8) is 0 Å². The molecule has 6 nitrogen and oxygen atoms in total. The molecule has 0 aromatic heterocycles. The molecule has 0 saturated heterocycles. The lowest BCUT2D eigenvalue weighted by Crippen LogP contribution is -2.27. The minimum absolute atomic E-state index is 0.0333. The molecule has 0 aliphatic rings. The Balaban J connectivity index is 3.01. The van der Waals surface area contributed by atoms with E-state index in [1.54, 1.807) is 19.9 Å².